The van der Waals surface area contributed by atoms with Crippen molar-refractivity contribution < 1.29 is 19.1 Å². The molecule has 272 valence electrons. The summed E-state index contributed by atoms with van der Waals surface area (Å²) in [7, 11) is 0. The van der Waals surface area contributed by atoms with Crippen LogP contribution in [-0.4, -0.2) is 11.9 Å². The summed E-state index contributed by atoms with van der Waals surface area (Å²) in [6, 6.07) is 54.0. The number of carbonyl (C=O) groups is 2. The number of aryl methyl sites for hydroxylation is 2. The summed E-state index contributed by atoms with van der Waals surface area (Å²) in [6.45, 7) is 11.2. The minimum absolute atomic E-state index is 0.455. The highest BCUT2D eigenvalue weighted by atomic mass is 16.5. The third kappa shape index (κ3) is 7.36. The fourth-order valence-corrected chi connectivity index (χ4v) is 6.92. The predicted octanol–water partition coefficient (Wildman–Crippen LogP) is 12.9. The minimum Gasteiger partial charge on any atom is -0.423 e. The maximum absolute atomic E-state index is 11.9. The number of rotatable bonds is 10. The fraction of sp³-hybridized carbons (Fsp3) is 0.0400. The fourth-order valence-electron chi connectivity index (χ4n) is 6.92. The van der Waals surface area contributed by atoms with E-state index >= 15 is 0 Å². The Balaban J connectivity index is 1.22. The normalized spacial score (nSPS) is 11.0. The van der Waals surface area contributed by atoms with Gasteiger partial charge in [-0.2, -0.15) is 0 Å². The van der Waals surface area contributed by atoms with E-state index in [1.165, 1.54) is 11.1 Å². The number of anilines is 6. The largest absolute Gasteiger partial charge is 0.423 e. The van der Waals surface area contributed by atoms with Crippen LogP contribution in [0.5, 0.6) is 11.5 Å². The first-order chi connectivity index (χ1) is 27.2. The Morgan fingerprint density at radius 3 is 0.982 bits per heavy atom. The van der Waals surface area contributed by atoms with Crippen LogP contribution in [0.15, 0.2) is 183 Å². The smallest absolute Gasteiger partial charge is 0.335 e. The number of carbonyl (C=O) groups excluding carboxylic acids is 2. The van der Waals surface area contributed by atoms with Crippen LogP contribution < -0.4 is 19.3 Å². The SMILES string of the molecule is C=CC(=O)Oc1ccc2cc(N(c3ccc4cc(OC(=O)C=C)ccc4c3)c3ccc4cc(N(c5ccc(C)cc5)c5ccc(C)cc5)ccc4c3)ccc2c1. The molecule has 8 rings (SSSR count). The topological polar surface area (TPSA) is 59.1 Å². The van der Waals surface area contributed by atoms with Gasteiger partial charge < -0.3 is 19.3 Å². The van der Waals surface area contributed by atoms with E-state index in [1.807, 2.05) is 36.4 Å². The van der Waals surface area contributed by atoms with Crippen LogP contribution >= 0.6 is 0 Å². The molecule has 0 aliphatic rings. The summed E-state index contributed by atoms with van der Waals surface area (Å²) in [5.41, 5.74) is 8.54. The Hall–Kier alpha value is -7.44. The molecule has 0 N–H and O–H groups in total. The monoisotopic (exact) mass is 730 g/mol. The first-order valence-corrected chi connectivity index (χ1v) is 18.3. The highest BCUT2D eigenvalue weighted by Gasteiger charge is 2.17. The van der Waals surface area contributed by atoms with Crippen molar-refractivity contribution in [3.63, 3.8) is 0 Å². The predicted molar refractivity (Wildman–Crippen MR) is 229 cm³/mol. The Morgan fingerprint density at radius 2 is 0.661 bits per heavy atom. The van der Waals surface area contributed by atoms with Crippen LogP contribution in [0, 0.1) is 13.8 Å². The molecule has 56 heavy (non-hydrogen) atoms. The van der Waals surface area contributed by atoms with Crippen LogP contribution in [-0.2, 0) is 9.59 Å². The zero-order valence-electron chi connectivity index (χ0n) is 31.1. The molecule has 8 aromatic carbocycles. The molecule has 0 unspecified atom stereocenters. The molecule has 0 bridgehead atoms. The summed E-state index contributed by atoms with van der Waals surface area (Å²) >= 11 is 0. The quantitative estimate of drug-likeness (QED) is 0.0793. The number of ether oxygens (including phenoxy) is 2. The first kappa shape index (κ1) is 35.6. The molecule has 0 aliphatic heterocycles. The third-order valence-electron chi connectivity index (χ3n) is 9.79. The number of esters is 2. The van der Waals surface area contributed by atoms with Crippen LogP contribution in [0.25, 0.3) is 32.3 Å². The van der Waals surface area contributed by atoms with Gasteiger partial charge >= 0.3 is 11.9 Å². The molecule has 0 aliphatic carbocycles. The molecule has 6 nitrogen and oxygen atoms in total. The van der Waals surface area contributed by atoms with Crippen molar-refractivity contribution >= 4 is 78.4 Å². The lowest BCUT2D eigenvalue weighted by Gasteiger charge is -2.27. The van der Waals surface area contributed by atoms with E-state index < -0.39 is 11.9 Å². The average Bonchev–Trinajstić information content (AvgIpc) is 3.22. The second-order valence-corrected chi connectivity index (χ2v) is 13.7. The van der Waals surface area contributed by atoms with E-state index in [0.29, 0.717) is 11.5 Å². The van der Waals surface area contributed by atoms with E-state index in [-0.39, 0.29) is 0 Å². The van der Waals surface area contributed by atoms with Gasteiger partial charge in [0.25, 0.3) is 0 Å². The molecular weight excluding hydrogens is 693 g/mol. The Labute approximate surface area is 325 Å². The molecule has 0 fully saturated rings. The van der Waals surface area contributed by atoms with E-state index in [0.717, 1.165) is 78.6 Å². The molecule has 0 saturated heterocycles. The van der Waals surface area contributed by atoms with Gasteiger partial charge in [0.05, 0.1) is 0 Å². The highest BCUT2D eigenvalue weighted by molar-refractivity contribution is 5.97. The third-order valence-corrected chi connectivity index (χ3v) is 9.79. The Kier molecular flexibility index (Phi) is 9.61. The van der Waals surface area contributed by atoms with Crippen molar-refractivity contribution in [1.82, 2.24) is 0 Å². The maximum Gasteiger partial charge on any atom is 0.335 e. The molecule has 8 aromatic rings. The van der Waals surface area contributed by atoms with Crippen molar-refractivity contribution in [3.8, 4) is 11.5 Å². The lowest BCUT2D eigenvalue weighted by atomic mass is 10.0. The van der Waals surface area contributed by atoms with Gasteiger partial charge in [-0.25, -0.2) is 9.59 Å². The molecule has 0 spiro atoms. The molecule has 6 heteroatoms. The van der Waals surface area contributed by atoms with E-state index in [4.69, 9.17) is 9.47 Å². The van der Waals surface area contributed by atoms with Gasteiger partial charge in [-0.15, -0.1) is 0 Å². The number of fused-ring (bicyclic) bond motifs is 3. The second-order valence-electron chi connectivity index (χ2n) is 13.7. The number of hydrogen-bond donors (Lipinski definition) is 0. The zero-order chi connectivity index (χ0) is 38.8. The van der Waals surface area contributed by atoms with Crippen LogP contribution in [0.2, 0.25) is 0 Å². The molecule has 0 radical (unpaired) electrons. The van der Waals surface area contributed by atoms with Gasteiger partial charge in [0.15, 0.2) is 0 Å². The molecule has 0 saturated carbocycles. The van der Waals surface area contributed by atoms with Crippen molar-refractivity contribution in [3.05, 3.63) is 194 Å². The summed E-state index contributed by atoms with van der Waals surface area (Å²) in [6.07, 6.45) is 2.30. The summed E-state index contributed by atoms with van der Waals surface area (Å²) in [5.74, 6) is -0.0967. The van der Waals surface area contributed by atoms with Gasteiger partial charge in [-0.3, -0.25) is 0 Å². The second kappa shape index (κ2) is 15.1. The Morgan fingerprint density at radius 1 is 0.393 bits per heavy atom. The summed E-state index contributed by atoms with van der Waals surface area (Å²) in [4.78, 5) is 28.3. The first-order valence-electron chi connectivity index (χ1n) is 18.3. The zero-order valence-corrected chi connectivity index (χ0v) is 31.1. The molecule has 0 aromatic heterocycles. The van der Waals surface area contributed by atoms with Gasteiger partial charge in [0.2, 0.25) is 0 Å². The van der Waals surface area contributed by atoms with Crippen molar-refractivity contribution in [1.29, 1.82) is 0 Å². The molecule has 0 heterocycles. The highest BCUT2D eigenvalue weighted by Crippen LogP contribution is 2.41. The van der Waals surface area contributed by atoms with E-state index in [9.17, 15) is 9.59 Å². The standard InChI is InChI=1S/C50H38N2O4/c1-5-49(53)55-47-25-15-37-29-45(23-13-39(37)31-47)52(46-24-14-40-32-48(56-50(54)6-2)26-16-38(40)30-46)44-22-12-35-27-43(21-11-36(35)28-44)51(41-17-7-33(3)8-18-41)42-19-9-34(4)10-20-42/h5-32H,1-2H2,3-4H3. The lowest BCUT2D eigenvalue weighted by Crippen LogP contribution is -2.11. The van der Waals surface area contributed by atoms with Crippen LogP contribution in [0.3, 0.4) is 0 Å². The maximum atomic E-state index is 11.9. The van der Waals surface area contributed by atoms with E-state index in [1.54, 1.807) is 12.1 Å². The van der Waals surface area contributed by atoms with Crippen LogP contribution in [0.1, 0.15) is 11.1 Å². The average molecular weight is 731 g/mol. The van der Waals surface area contributed by atoms with Crippen molar-refractivity contribution in [2.75, 3.05) is 9.80 Å². The molecular formula is C50H38N2O4. The summed E-state index contributed by atoms with van der Waals surface area (Å²) in [5, 5.41) is 6.03. The van der Waals surface area contributed by atoms with Gasteiger partial charge in [-0.1, -0.05) is 84.9 Å². The lowest BCUT2D eigenvalue weighted by molar-refractivity contribution is -0.129. The van der Waals surface area contributed by atoms with Gasteiger partial charge in [-0.05, 0) is 143 Å². The number of benzene rings is 8. The molecule has 0 atom stereocenters. The summed E-state index contributed by atoms with van der Waals surface area (Å²) < 4.78 is 10.8. The number of hydrogen-bond acceptors (Lipinski definition) is 6. The van der Waals surface area contributed by atoms with E-state index in [2.05, 4.69) is 146 Å². The van der Waals surface area contributed by atoms with Crippen LogP contribution in [0.4, 0.5) is 34.1 Å². The van der Waals surface area contributed by atoms with Gasteiger partial charge in [0, 0.05) is 46.3 Å². The van der Waals surface area contributed by atoms with Crippen molar-refractivity contribution in [2.24, 2.45) is 0 Å². The number of nitrogens with zero attached hydrogens (tertiary/aromatic N) is 2. The minimum atomic E-state index is -0.504. The molecule has 0 amide bonds. The Bertz CT molecular complexity index is 2660. The van der Waals surface area contributed by atoms with Crippen molar-refractivity contribution in [2.45, 2.75) is 13.8 Å². The van der Waals surface area contributed by atoms with Gasteiger partial charge in [0.1, 0.15) is 11.5 Å².